The third kappa shape index (κ3) is 3.79. The SMILES string of the molecule is CC(NC(=O)Nc1ccc(C#N)cc1)c1ccc(F)c(F)c1. The Balaban J connectivity index is 1.98. The average molecular weight is 301 g/mol. The lowest BCUT2D eigenvalue weighted by Gasteiger charge is -2.15. The van der Waals surface area contributed by atoms with Crippen molar-refractivity contribution >= 4 is 11.7 Å². The summed E-state index contributed by atoms with van der Waals surface area (Å²) in [6.07, 6.45) is 0. The van der Waals surface area contributed by atoms with E-state index in [4.69, 9.17) is 5.26 Å². The second-order valence-electron chi connectivity index (χ2n) is 4.68. The van der Waals surface area contributed by atoms with E-state index in [0.29, 0.717) is 16.8 Å². The van der Waals surface area contributed by atoms with Crippen LogP contribution in [0, 0.1) is 23.0 Å². The second-order valence-corrected chi connectivity index (χ2v) is 4.68. The van der Waals surface area contributed by atoms with Gasteiger partial charge in [-0.2, -0.15) is 5.26 Å². The van der Waals surface area contributed by atoms with Crippen LogP contribution in [0.2, 0.25) is 0 Å². The van der Waals surface area contributed by atoms with E-state index in [2.05, 4.69) is 10.6 Å². The zero-order valence-electron chi connectivity index (χ0n) is 11.7. The van der Waals surface area contributed by atoms with E-state index in [9.17, 15) is 13.6 Å². The fraction of sp³-hybridized carbons (Fsp3) is 0.125. The van der Waals surface area contributed by atoms with Crippen molar-refractivity contribution in [2.45, 2.75) is 13.0 Å². The fourth-order valence-electron chi connectivity index (χ4n) is 1.86. The smallest absolute Gasteiger partial charge is 0.319 e. The molecular weight excluding hydrogens is 288 g/mol. The lowest BCUT2D eigenvalue weighted by atomic mass is 10.1. The van der Waals surface area contributed by atoms with Gasteiger partial charge in [-0.15, -0.1) is 0 Å². The van der Waals surface area contributed by atoms with Gasteiger partial charge in [0.25, 0.3) is 0 Å². The number of benzene rings is 2. The highest BCUT2D eigenvalue weighted by Gasteiger charge is 2.12. The van der Waals surface area contributed by atoms with Crippen LogP contribution >= 0.6 is 0 Å². The Labute approximate surface area is 126 Å². The van der Waals surface area contributed by atoms with E-state index in [-0.39, 0.29) is 0 Å². The van der Waals surface area contributed by atoms with Crippen LogP contribution in [0.15, 0.2) is 42.5 Å². The number of amides is 2. The third-order valence-electron chi connectivity index (χ3n) is 3.06. The van der Waals surface area contributed by atoms with Gasteiger partial charge in [0.05, 0.1) is 17.7 Å². The molecule has 0 radical (unpaired) electrons. The monoisotopic (exact) mass is 301 g/mol. The van der Waals surface area contributed by atoms with E-state index in [1.54, 1.807) is 31.2 Å². The van der Waals surface area contributed by atoms with Crippen LogP contribution in [0.1, 0.15) is 24.1 Å². The number of nitrogens with one attached hydrogen (secondary N) is 2. The Kier molecular flexibility index (Phi) is 4.69. The molecule has 1 unspecified atom stereocenters. The molecule has 0 aliphatic rings. The van der Waals surface area contributed by atoms with Crippen molar-refractivity contribution in [1.82, 2.24) is 5.32 Å². The van der Waals surface area contributed by atoms with Crippen LogP contribution < -0.4 is 10.6 Å². The minimum atomic E-state index is -0.960. The maximum Gasteiger partial charge on any atom is 0.319 e. The summed E-state index contributed by atoms with van der Waals surface area (Å²) >= 11 is 0. The first-order valence-electron chi connectivity index (χ1n) is 6.52. The molecule has 1 atom stereocenters. The molecule has 0 aliphatic heterocycles. The van der Waals surface area contributed by atoms with Crippen LogP contribution in [0.3, 0.4) is 0 Å². The summed E-state index contributed by atoms with van der Waals surface area (Å²) in [5.74, 6) is -1.89. The third-order valence-corrected chi connectivity index (χ3v) is 3.06. The number of anilines is 1. The van der Waals surface area contributed by atoms with Gasteiger partial charge in [-0.25, -0.2) is 13.6 Å². The Morgan fingerprint density at radius 3 is 2.41 bits per heavy atom. The number of carbonyl (C=O) groups is 1. The summed E-state index contributed by atoms with van der Waals surface area (Å²) in [6.45, 7) is 1.66. The number of hydrogen-bond donors (Lipinski definition) is 2. The number of carbonyl (C=O) groups excluding carboxylic acids is 1. The Hall–Kier alpha value is -2.94. The van der Waals surface area contributed by atoms with Crippen molar-refractivity contribution in [2.75, 3.05) is 5.32 Å². The predicted octanol–water partition coefficient (Wildman–Crippen LogP) is 3.72. The molecule has 2 aromatic rings. The largest absolute Gasteiger partial charge is 0.331 e. The van der Waals surface area contributed by atoms with E-state index in [0.717, 1.165) is 12.1 Å². The molecule has 0 bridgehead atoms. The molecule has 0 saturated carbocycles. The molecular formula is C16H13F2N3O. The summed E-state index contributed by atoms with van der Waals surface area (Å²) in [4.78, 5) is 11.8. The Bertz CT molecular complexity index is 723. The number of rotatable bonds is 3. The summed E-state index contributed by atoms with van der Waals surface area (Å²) < 4.78 is 26.0. The van der Waals surface area contributed by atoms with Crippen LogP contribution in [-0.4, -0.2) is 6.03 Å². The number of nitriles is 1. The normalized spacial score (nSPS) is 11.4. The predicted molar refractivity (Wildman–Crippen MR) is 78.1 cm³/mol. The van der Waals surface area contributed by atoms with Gasteiger partial charge in [0, 0.05) is 5.69 Å². The number of halogens is 2. The van der Waals surface area contributed by atoms with Gasteiger partial charge in [0.1, 0.15) is 0 Å². The number of nitrogens with zero attached hydrogens (tertiary/aromatic N) is 1. The van der Waals surface area contributed by atoms with Gasteiger partial charge >= 0.3 is 6.03 Å². The van der Waals surface area contributed by atoms with Gasteiger partial charge in [-0.3, -0.25) is 0 Å². The first-order valence-corrected chi connectivity index (χ1v) is 6.52. The van der Waals surface area contributed by atoms with E-state index >= 15 is 0 Å². The molecule has 0 saturated heterocycles. The van der Waals surface area contributed by atoms with Crippen molar-refractivity contribution < 1.29 is 13.6 Å². The average Bonchev–Trinajstić information content (AvgIpc) is 2.50. The maximum absolute atomic E-state index is 13.2. The standard InChI is InChI=1S/C16H13F2N3O/c1-10(12-4-7-14(17)15(18)8-12)20-16(22)21-13-5-2-11(9-19)3-6-13/h2-8,10H,1H3,(H2,20,21,22). The van der Waals surface area contributed by atoms with Crippen molar-refractivity contribution in [2.24, 2.45) is 0 Å². The molecule has 0 aromatic heterocycles. The molecule has 2 amide bonds. The molecule has 4 nitrogen and oxygen atoms in total. The quantitative estimate of drug-likeness (QED) is 0.907. The summed E-state index contributed by atoms with van der Waals surface area (Å²) in [7, 11) is 0. The molecule has 22 heavy (non-hydrogen) atoms. The first-order chi connectivity index (χ1) is 10.5. The number of hydrogen-bond acceptors (Lipinski definition) is 2. The molecule has 0 heterocycles. The zero-order chi connectivity index (χ0) is 16.1. The molecule has 112 valence electrons. The molecule has 6 heteroatoms. The highest BCUT2D eigenvalue weighted by molar-refractivity contribution is 5.89. The van der Waals surface area contributed by atoms with Gasteiger partial charge in [-0.05, 0) is 48.9 Å². The van der Waals surface area contributed by atoms with Gasteiger partial charge < -0.3 is 10.6 Å². The summed E-state index contributed by atoms with van der Waals surface area (Å²) in [5.41, 5.74) is 1.46. The summed E-state index contributed by atoms with van der Waals surface area (Å²) in [6, 6.07) is 10.8. The molecule has 2 aromatic carbocycles. The maximum atomic E-state index is 13.2. The lowest BCUT2D eigenvalue weighted by Crippen LogP contribution is -2.31. The highest BCUT2D eigenvalue weighted by Crippen LogP contribution is 2.16. The fourth-order valence-corrected chi connectivity index (χ4v) is 1.86. The minimum absolute atomic E-state index is 0.453. The number of urea groups is 1. The zero-order valence-corrected chi connectivity index (χ0v) is 11.7. The summed E-state index contributed by atoms with van der Waals surface area (Å²) in [5, 5.41) is 13.9. The van der Waals surface area contributed by atoms with Crippen LogP contribution in [0.25, 0.3) is 0 Å². The Morgan fingerprint density at radius 1 is 1.14 bits per heavy atom. The van der Waals surface area contributed by atoms with Gasteiger partial charge in [-0.1, -0.05) is 6.07 Å². The second kappa shape index (κ2) is 6.68. The van der Waals surface area contributed by atoms with Crippen molar-refractivity contribution in [1.29, 1.82) is 5.26 Å². The lowest BCUT2D eigenvalue weighted by molar-refractivity contribution is 0.249. The molecule has 0 aliphatic carbocycles. The van der Waals surface area contributed by atoms with Crippen molar-refractivity contribution in [3.05, 3.63) is 65.2 Å². The van der Waals surface area contributed by atoms with E-state index in [1.807, 2.05) is 6.07 Å². The van der Waals surface area contributed by atoms with Crippen LogP contribution in [0.4, 0.5) is 19.3 Å². The van der Waals surface area contributed by atoms with Crippen LogP contribution in [-0.2, 0) is 0 Å². The van der Waals surface area contributed by atoms with E-state index in [1.165, 1.54) is 6.07 Å². The minimum Gasteiger partial charge on any atom is -0.331 e. The van der Waals surface area contributed by atoms with Crippen molar-refractivity contribution in [3.63, 3.8) is 0 Å². The topological polar surface area (TPSA) is 64.9 Å². The van der Waals surface area contributed by atoms with Gasteiger partial charge in [0.2, 0.25) is 0 Å². The Morgan fingerprint density at radius 2 is 1.82 bits per heavy atom. The highest BCUT2D eigenvalue weighted by atomic mass is 19.2. The van der Waals surface area contributed by atoms with Gasteiger partial charge in [0.15, 0.2) is 11.6 Å². The first kappa shape index (κ1) is 15.4. The van der Waals surface area contributed by atoms with Crippen molar-refractivity contribution in [3.8, 4) is 6.07 Å². The molecule has 0 spiro atoms. The van der Waals surface area contributed by atoms with Crippen LogP contribution in [0.5, 0.6) is 0 Å². The molecule has 2 rings (SSSR count). The molecule has 2 N–H and O–H groups in total. The van der Waals surface area contributed by atoms with E-state index < -0.39 is 23.7 Å². The molecule has 0 fully saturated rings.